The zero-order valence-corrected chi connectivity index (χ0v) is 17.4. The highest BCUT2D eigenvalue weighted by Crippen LogP contribution is 2.33. The minimum Gasteiger partial charge on any atom is -0.454 e. The first-order valence-electron chi connectivity index (χ1n) is 10.3. The summed E-state index contributed by atoms with van der Waals surface area (Å²) in [4.78, 5) is 17.8. The Morgan fingerprint density at radius 1 is 1.00 bits per heavy atom. The van der Waals surface area contributed by atoms with Gasteiger partial charge in [-0.1, -0.05) is 12.1 Å². The molecule has 0 amide bonds. The molecular formula is C22H25N7O2. The van der Waals surface area contributed by atoms with Crippen LogP contribution in [0.15, 0.2) is 42.9 Å². The quantitative estimate of drug-likeness (QED) is 0.646. The second kappa shape index (κ2) is 8.27. The van der Waals surface area contributed by atoms with Gasteiger partial charge in [-0.3, -0.25) is 4.90 Å². The molecule has 0 unspecified atom stereocenters. The number of aryl methyl sites for hydroxylation is 1. The molecule has 3 aromatic rings. The van der Waals surface area contributed by atoms with Crippen LogP contribution in [0.3, 0.4) is 0 Å². The fourth-order valence-electron chi connectivity index (χ4n) is 3.88. The molecule has 9 heteroatoms. The Morgan fingerprint density at radius 3 is 2.68 bits per heavy atom. The summed E-state index contributed by atoms with van der Waals surface area (Å²) in [5.74, 6) is 3.72. The van der Waals surface area contributed by atoms with Crippen LogP contribution >= 0.6 is 0 Å². The lowest BCUT2D eigenvalue weighted by atomic mass is 10.1. The van der Waals surface area contributed by atoms with E-state index in [-0.39, 0.29) is 0 Å². The zero-order valence-electron chi connectivity index (χ0n) is 17.4. The van der Waals surface area contributed by atoms with E-state index in [0.717, 1.165) is 61.4 Å². The van der Waals surface area contributed by atoms with Crippen molar-refractivity contribution in [3.8, 4) is 11.5 Å². The summed E-state index contributed by atoms with van der Waals surface area (Å²) < 4.78 is 10.9. The van der Waals surface area contributed by atoms with Gasteiger partial charge in [0.15, 0.2) is 23.1 Å². The fourth-order valence-corrected chi connectivity index (χ4v) is 3.88. The van der Waals surface area contributed by atoms with Gasteiger partial charge in [0.1, 0.15) is 17.8 Å². The van der Waals surface area contributed by atoms with Crippen molar-refractivity contribution in [1.82, 2.24) is 19.9 Å². The molecule has 4 heterocycles. The minimum atomic E-state index is 0.300. The first-order chi connectivity index (χ1) is 15.2. The van der Waals surface area contributed by atoms with Crippen molar-refractivity contribution in [2.75, 3.05) is 48.9 Å². The Hall–Kier alpha value is -3.59. The van der Waals surface area contributed by atoms with Gasteiger partial charge >= 0.3 is 0 Å². The molecular weight excluding hydrogens is 394 g/mol. The summed E-state index contributed by atoms with van der Waals surface area (Å²) in [6.45, 7) is 6.68. The fraction of sp³-hybridized carbons (Fsp3) is 0.318. The number of nitrogens with two attached hydrogens (primary N) is 1. The maximum Gasteiger partial charge on any atom is 0.231 e. The van der Waals surface area contributed by atoms with E-state index in [4.69, 9.17) is 15.2 Å². The van der Waals surface area contributed by atoms with Crippen LogP contribution in [0.2, 0.25) is 0 Å². The lowest BCUT2D eigenvalue weighted by Crippen LogP contribution is -2.46. The van der Waals surface area contributed by atoms with E-state index in [0.29, 0.717) is 18.3 Å². The first kappa shape index (κ1) is 19.4. The molecule has 2 aliphatic heterocycles. The zero-order chi connectivity index (χ0) is 21.2. The standard InChI is InChI=1S/C22H25N7O2/c1-15-3-2-6-24-20(15)27-21-19(23)22(26-13-25-21)29-9-7-28(8-10-29)12-16-4-5-17-18(11-16)31-14-30-17/h2-6,11,13H,7-10,12,14,23H2,1H3,(H,24,25,26,27). The molecule has 160 valence electrons. The number of pyridine rings is 1. The Kier molecular flexibility index (Phi) is 5.17. The molecule has 9 nitrogen and oxygen atoms in total. The van der Waals surface area contributed by atoms with Crippen molar-refractivity contribution >= 4 is 23.1 Å². The van der Waals surface area contributed by atoms with Gasteiger partial charge in [0.2, 0.25) is 6.79 Å². The van der Waals surface area contributed by atoms with Crippen molar-refractivity contribution in [2.45, 2.75) is 13.5 Å². The number of rotatable bonds is 5. The monoisotopic (exact) mass is 419 g/mol. The average Bonchev–Trinajstić information content (AvgIpc) is 3.25. The number of hydrogen-bond donors (Lipinski definition) is 2. The van der Waals surface area contributed by atoms with Crippen LogP contribution in [0.4, 0.5) is 23.1 Å². The molecule has 0 saturated carbocycles. The summed E-state index contributed by atoms with van der Waals surface area (Å²) in [5.41, 5.74) is 9.21. The average molecular weight is 419 g/mol. The Bertz CT molecular complexity index is 1080. The summed E-state index contributed by atoms with van der Waals surface area (Å²) >= 11 is 0. The van der Waals surface area contributed by atoms with Crippen molar-refractivity contribution in [2.24, 2.45) is 0 Å². The van der Waals surface area contributed by atoms with Crippen molar-refractivity contribution < 1.29 is 9.47 Å². The lowest BCUT2D eigenvalue weighted by Gasteiger charge is -2.36. The molecule has 1 fully saturated rings. The van der Waals surface area contributed by atoms with E-state index in [1.54, 1.807) is 12.5 Å². The van der Waals surface area contributed by atoms with E-state index in [9.17, 15) is 0 Å². The molecule has 0 spiro atoms. The van der Waals surface area contributed by atoms with Gasteiger partial charge in [-0.2, -0.15) is 0 Å². The van der Waals surface area contributed by atoms with Gasteiger partial charge in [-0.25, -0.2) is 15.0 Å². The van der Waals surface area contributed by atoms with Crippen molar-refractivity contribution in [3.63, 3.8) is 0 Å². The van der Waals surface area contributed by atoms with E-state index >= 15 is 0 Å². The highest BCUT2D eigenvalue weighted by Gasteiger charge is 2.22. The van der Waals surface area contributed by atoms with Gasteiger partial charge in [0, 0.05) is 38.9 Å². The SMILES string of the molecule is Cc1cccnc1Nc1ncnc(N2CCN(Cc3ccc4c(c3)OCO4)CC2)c1N. The van der Waals surface area contributed by atoms with Crippen LogP contribution in [-0.4, -0.2) is 52.8 Å². The number of aromatic nitrogens is 3. The first-order valence-corrected chi connectivity index (χ1v) is 10.3. The number of fused-ring (bicyclic) bond motifs is 1. The molecule has 0 bridgehead atoms. The van der Waals surface area contributed by atoms with Gasteiger partial charge in [-0.15, -0.1) is 0 Å². The number of ether oxygens (including phenoxy) is 2. The summed E-state index contributed by atoms with van der Waals surface area (Å²) in [5, 5.41) is 3.24. The van der Waals surface area contributed by atoms with Crippen molar-refractivity contribution in [1.29, 1.82) is 0 Å². The van der Waals surface area contributed by atoms with Crippen LogP contribution < -0.4 is 25.4 Å². The van der Waals surface area contributed by atoms with Crippen LogP contribution in [0, 0.1) is 6.92 Å². The topological polar surface area (TPSA) is 102 Å². The highest BCUT2D eigenvalue weighted by molar-refractivity contribution is 5.78. The number of nitrogens with zero attached hydrogens (tertiary/aromatic N) is 5. The van der Waals surface area contributed by atoms with Gasteiger partial charge in [0.25, 0.3) is 0 Å². The third-order valence-corrected chi connectivity index (χ3v) is 5.62. The molecule has 5 rings (SSSR count). The van der Waals surface area contributed by atoms with Crippen LogP contribution in [0.1, 0.15) is 11.1 Å². The van der Waals surface area contributed by atoms with E-state index in [2.05, 4.69) is 42.2 Å². The smallest absolute Gasteiger partial charge is 0.231 e. The number of benzene rings is 1. The van der Waals surface area contributed by atoms with Gasteiger partial charge in [0.05, 0.1) is 0 Å². The number of anilines is 4. The number of nitrogens with one attached hydrogen (secondary N) is 1. The molecule has 3 N–H and O–H groups in total. The highest BCUT2D eigenvalue weighted by atomic mass is 16.7. The second-order valence-corrected chi connectivity index (χ2v) is 7.70. The molecule has 2 aliphatic rings. The normalized spacial score (nSPS) is 15.8. The maximum atomic E-state index is 6.43. The predicted molar refractivity (Wildman–Crippen MR) is 119 cm³/mol. The molecule has 31 heavy (non-hydrogen) atoms. The third kappa shape index (κ3) is 4.04. The lowest BCUT2D eigenvalue weighted by molar-refractivity contribution is 0.174. The summed E-state index contributed by atoms with van der Waals surface area (Å²) in [7, 11) is 0. The van der Waals surface area contributed by atoms with E-state index in [1.165, 1.54) is 5.56 Å². The molecule has 0 aliphatic carbocycles. The Morgan fingerprint density at radius 2 is 1.84 bits per heavy atom. The maximum absolute atomic E-state index is 6.43. The van der Waals surface area contributed by atoms with Crippen LogP contribution in [0.5, 0.6) is 11.5 Å². The molecule has 2 aromatic heterocycles. The van der Waals surface area contributed by atoms with E-state index < -0.39 is 0 Å². The van der Waals surface area contributed by atoms with Crippen molar-refractivity contribution in [3.05, 3.63) is 54.0 Å². The third-order valence-electron chi connectivity index (χ3n) is 5.62. The Labute approximate surface area is 180 Å². The van der Waals surface area contributed by atoms with Crippen LogP contribution in [-0.2, 0) is 6.54 Å². The molecule has 0 radical (unpaired) electrons. The van der Waals surface area contributed by atoms with Gasteiger partial charge in [-0.05, 0) is 36.2 Å². The molecule has 1 aromatic carbocycles. The number of nitrogen functional groups attached to an aromatic ring is 1. The summed E-state index contributed by atoms with van der Waals surface area (Å²) in [6.07, 6.45) is 3.29. The van der Waals surface area contributed by atoms with E-state index in [1.807, 2.05) is 25.1 Å². The Balaban J connectivity index is 1.24. The second-order valence-electron chi connectivity index (χ2n) is 7.70. The largest absolute Gasteiger partial charge is 0.454 e. The molecule has 0 atom stereocenters. The van der Waals surface area contributed by atoms with Gasteiger partial charge < -0.3 is 25.4 Å². The van der Waals surface area contributed by atoms with Crippen LogP contribution in [0.25, 0.3) is 0 Å². The minimum absolute atomic E-state index is 0.300. The number of piperazine rings is 1. The summed E-state index contributed by atoms with van der Waals surface area (Å²) in [6, 6.07) is 10.0. The predicted octanol–water partition coefficient (Wildman–Crippen LogP) is 2.56. The molecule has 1 saturated heterocycles. The number of hydrogen-bond acceptors (Lipinski definition) is 9.